The highest BCUT2D eigenvalue weighted by Crippen LogP contribution is 2.42. The van der Waals surface area contributed by atoms with Crippen LogP contribution >= 0.6 is 11.8 Å². The second-order valence-corrected chi connectivity index (χ2v) is 4.75. The van der Waals surface area contributed by atoms with E-state index in [4.69, 9.17) is 14.2 Å². The molecule has 0 spiro atoms. The Labute approximate surface area is 80.5 Å². The van der Waals surface area contributed by atoms with Gasteiger partial charge in [0.05, 0.1) is 30.7 Å². The van der Waals surface area contributed by atoms with Gasteiger partial charge in [-0.1, -0.05) is 0 Å². The van der Waals surface area contributed by atoms with Crippen molar-refractivity contribution in [2.75, 3.05) is 19.0 Å². The summed E-state index contributed by atoms with van der Waals surface area (Å²) in [4.78, 5) is 0. The summed E-state index contributed by atoms with van der Waals surface area (Å²) >= 11 is 1.76. The molecule has 0 aromatic carbocycles. The quantitative estimate of drug-likeness (QED) is 0.630. The van der Waals surface area contributed by atoms with Gasteiger partial charge >= 0.3 is 0 Å². The van der Waals surface area contributed by atoms with E-state index in [1.165, 1.54) is 0 Å². The minimum atomic E-state index is -0.331. The molecule has 0 unspecified atom stereocenters. The molecule has 0 radical (unpaired) electrons. The van der Waals surface area contributed by atoms with E-state index in [1.807, 2.05) is 0 Å². The number of aliphatic hydroxyl groups is 1. The van der Waals surface area contributed by atoms with Gasteiger partial charge in [-0.05, 0) is 0 Å². The van der Waals surface area contributed by atoms with Gasteiger partial charge in [-0.3, -0.25) is 0 Å². The van der Waals surface area contributed by atoms with Crippen LogP contribution in [-0.2, 0) is 14.2 Å². The van der Waals surface area contributed by atoms with Crippen LogP contribution in [0.4, 0.5) is 0 Å². The topological polar surface area (TPSA) is 47.9 Å². The van der Waals surface area contributed by atoms with Crippen molar-refractivity contribution in [3.8, 4) is 0 Å². The molecular weight excluding hydrogens is 192 g/mol. The van der Waals surface area contributed by atoms with E-state index in [0.717, 1.165) is 5.75 Å². The summed E-state index contributed by atoms with van der Waals surface area (Å²) in [7, 11) is 0. The molecule has 3 saturated heterocycles. The van der Waals surface area contributed by atoms with Crippen LogP contribution in [0.3, 0.4) is 0 Å². The zero-order valence-electron chi connectivity index (χ0n) is 7.09. The number of hydrogen-bond acceptors (Lipinski definition) is 5. The number of aliphatic hydroxyl groups excluding tert-OH is 1. The third-order valence-corrected chi connectivity index (χ3v) is 4.19. The van der Waals surface area contributed by atoms with Crippen molar-refractivity contribution in [1.29, 1.82) is 0 Å². The number of rotatable bonds is 1. The fourth-order valence-corrected chi connectivity index (χ4v) is 3.53. The van der Waals surface area contributed by atoms with Crippen molar-refractivity contribution < 1.29 is 19.3 Å². The van der Waals surface area contributed by atoms with Gasteiger partial charge in [-0.2, -0.15) is 11.8 Å². The SMILES string of the molecule is O[C@H]1[C@H]2SC[C@@H]1O[C@H]2C1OCCO1. The molecule has 3 rings (SSSR count). The van der Waals surface area contributed by atoms with Gasteiger partial charge in [-0.25, -0.2) is 0 Å². The van der Waals surface area contributed by atoms with Crippen LogP contribution in [0.5, 0.6) is 0 Å². The van der Waals surface area contributed by atoms with E-state index in [0.29, 0.717) is 13.2 Å². The lowest BCUT2D eigenvalue weighted by Gasteiger charge is -2.25. The second kappa shape index (κ2) is 3.10. The van der Waals surface area contributed by atoms with Crippen LogP contribution < -0.4 is 0 Å². The largest absolute Gasteiger partial charge is 0.389 e. The van der Waals surface area contributed by atoms with Crippen LogP contribution in [0.15, 0.2) is 0 Å². The lowest BCUT2D eigenvalue weighted by molar-refractivity contribution is -0.137. The molecule has 3 aliphatic heterocycles. The van der Waals surface area contributed by atoms with Crippen molar-refractivity contribution in [2.45, 2.75) is 29.9 Å². The first kappa shape index (κ1) is 8.49. The van der Waals surface area contributed by atoms with Crippen LogP contribution in [0.1, 0.15) is 0 Å². The number of hydrogen-bond donors (Lipinski definition) is 1. The highest BCUT2D eigenvalue weighted by atomic mass is 32.2. The molecule has 0 aromatic heterocycles. The summed E-state index contributed by atoms with van der Waals surface area (Å²) in [5, 5.41) is 9.85. The second-order valence-electron chi connectivity index (χ2n) is 3.54. The van der Waals surface area contributed by atoms with Gasteiger partial charge in [-0.15, -0.1) is 0 Å². The molecule has 3 fully saturated rings. The minimum Gasteiger partial charge on any atom is -0.389 e. The van der Waals surface area contributed by atoms with E-state index in [9.17, 15) is 5.11 Å². The van der Waals surface area contributed by atoms with Crippen LogP contribution in [-0.4, -0.2) is 53.9 Å². The van der Waals surface area contributed by atoms with E-state index in [2.05, 4.69) is 0 Å². The Morgan fingerprint density at radius 2 is 2.00 bits per heavy atom. The number of ether oxygens (including phenoxy) is 3. The molecule has 3 aliphatic rings. The van der Waals surface area contributed by atoms with Crippen molar-refractivity contribution in [2.24, 2.45) is 0 Å². The molecule has 2 bridgehead atoms. The van der Waals surface area contributed by atoms with Gasteiger partial charge < -0.3 is 19.3 Å². The van der Waals surface area contributed by atoms with E-state index < -0.39 is 0 Å². The predicted octanol–water partition coefficient (Wildman–Crippen LogP) is -0.397. The smallest absolute Gasteiger partial charge is 0.185 e. The lowest BCUT2D eigenvalue weighted by atomic mass is 10.1. The summed E-state index contributed by atoms with van der Waals surface area (Å²) in [6, 6.07) is 0. The molecule has 4 atom stereocenters. The van der Waals surface area contributed by atoms with Crippen LogP contribution in [0, 0.1) is 0 Å². The highest BCUT2D eigenvalue weighted by Gasteiger charge is 2.53. The fourth-order valence-electron chi connectivity index (χ4n) is 2.09. The monoisotopic (exact) mass is 204 g/mol. The molecule has 0 saturated carbocycles. The van der Waals surface area contributed by atoms with E-state index in [1.54, 1.807) is 11.8 Å². The summed E-state index contributed by atoms with van der Waals surface area (Å²) in [5.74, 6) is 0.898. The predicted molar refractivity (Wildman–Crippen MR) is 46.6 cm³/mol. The normalized spacial score (nSPS) is 50.5. The Bertz CT molecular complexity index is 206. The van der Waals surface area contributed by atoms with Crippen molar-refractivity contribution in [3.05, 3.63) is 0 Å². The Hall–Kier alpha value is 0.190. The molecule has 5 heteroatoms. The first-order valence-corrected chi connectivity index (χ1v) is 5.59. The maximum absolute atomic E-state index is 9.70. The van der Waals surface area contributed by atoms with E-state index in [-0.39, 0.29) is 29.9 Å². The van der Waals surface area contributed by atoms with Crippen molar-refractivity contribution in [3.63, 3.8) is 0 Å². The summed E-state index contributed by atoms with van der Waals surface area (Å²) in [5.41, 5.74) is 0. The van der Waals surface area contributed by atoms with Gasteiger partial charge in [0.25, 0.3) is 0 Å². The van der Waals surface area contributed by atoms with Crippen molar-refractivity contribution in [1.82, 2.24) is 0 Å². The van der Waals surface area contributed by atoms with Gasteiger partial charge in [0.1, 0.15) is 6.10 Å². The minimum absolute atomic E-state index is 0.00667. The average molecular weight is 204 g/mol. The van der Waals surface area contributed by atoms with Crippen molar-refractivity contribution >= 4 is 11.8 Å². The first-order chi connectivity index (χ1) is 6.36. The fraction of sp³-hybridized carbons (Fsp3) is 1.00. The first-order valence-electron chi connectivity index (χ1n) is 4.54. The molecule has 13 heavy (non-hydrogen) atoms. The molecular formula is C8H12O4S. The summed E-state index contributed by atoms with van der Waals surface area (Å²) < 4.78 is 16.4. The molecule has 3 heterocycles. The molecule has 0 aromatic rings. The highest BCUT2D eigenvalue weighted by molar-refractivity contribution is 8.00. The Morgan fingerprint density at radius 3 is 2.54 bits per heavy atom. The number of fused-ring (bicyclic) bond motifs is 2. The Balaban J connectivity index is 1.73. The molecule has 1 N–H and O–H groups in total. The molecule has 0 aliphatic carbocycles. The molecule has 0 amide bonds. The van der Waals surface area contributed by atoms with Crippen LogP contribution in [0.2, 0.25) is 0 Å². The summed E-state index contributed by atoms with van der Waals surface area (Å²) in [6.45, 7) is 1.28. The van der Waals surface area contributed by atoms with Gasteiger partial charge in [0.15, 0.2) is 6.29 Å². The third kappa shape index (κ3) is 1.22. The van der Waals surface area contributed by atoms with Gasteiger partial charge in [0, 0.05) is 5.75 Å². The number of thioether (sulfide) groups is 1. The average Bonchev–Trinajstić information content (AvgIpc) is 2.82. The maximum Gasteiger partial charge on any atom is 0.185 e. The van der Waals surface area contributed by atoms with Crippen LogP contribution in [0.25, 0.3) is 0 Å². The Kier molecular flexibility index (Phi) is 2.03. The van der Waals surface area contributed by atoms with Gasteiger partial charge in [0.2, 0.25) is 0 Å². The zero-order valence-corrected chi connectivity index (χ0v) is 7.90. The summed E-state index contributed by atoms with van der Waals surface area (Å²) in [6.07, 6.45) is -0.658. The molecule has 74 valence electrons. The van der Waals surface area contributed by atoms with E-state index >= 15 is 0 Å². The standard InChI is InChI=1S/C8H12O4S/c9-5-4-3-13-7(5)6(12-4)8-10-1-2-11-8/h4-9H,1-3H2/t4-,5+,6+,7+/m0/s1. The third-order valence-electron chi connectivity index (χ3n) is 2.74. The maximum atomic E-state index is 9.70. The zero-order chi connectivity index (χ0) is 8.84. The Morgan fingerprint density at radius 1 is 1.23 bits per heavy atom. The lowest BCUT2D eigenvalue weighted by Crippen LogP contribution is -2.37. The molecule has 4 nitrogen and oxygen atoms in total.